The number of thiophene rings is 1. The van der Waals surface area contributed by atoms with E-state index in [4.69, 9.17) is 5.11 Å². The molecule has 0 fully saturated rings. The van der Waals surface area contributed by atoms with Gasteiger partial charge in [-0.05, 0) is 11.5 Å². The van der Waals surface area contributed by atoms with E-state index in [1.807, 2.05) is 20.8 Å². The average Bonchev–Trinajstić information content (AvgIpc) is 2.29. The van der Waals surface area contributed by atoms with Gasteiger partial charge in [-0.2, -0.15) is 0 Å². The lowest BCUT2D eigenvalue weighted by Crippen LogP contribution is -2.10. The third kappa shape index (κ3) is 2.06. The summed E-state index contributed by atoms with van der Waals surface area (Å²) < 4.78 is 13.2. The molecule has 0 spiro atoms. The lowest BCUT2D eigenvalue weighted by atomic mass is 9.94. The van der Waals surface area contributed by atoms with E-state index in [0.29, 0.717) is 4.88 Å². The smallest absolute Gasteiger partial charge is 0.345 e. The second kappa shape index (κ2) is 3.10. The standard InChI is InChI=1S/C9H11FO2S/c1-9(2,3)7-5(10)4-6(13-7)8(11)12/h4H,1-3H3,(H,11,12). The Labute approximate surface area is 80.0 Å². The van der Waals surface area contributed by atoms with Crippen LogP contribution in [0, 0.1) is 5.82 Å². The molecule has 1 heterocycles. The highest BCUT2D eigenvalue weighted by atomic mass is 32.1. The molecule has 13 heavy (non-hydrogen) atoms. The number of aromatic carboxylic acids is 1. The fourth-order valence-electron chi connectivity index (χ4n) is 0.986. The van der Waals surface area contributed by atoms with Gasteiger partial charge in [0, 0.05) is 4.88 Å². The molecule has 0 saturated heterocycles. The molecule has 0 bridgehead atoms. The molecule has 1 aromatic heterocycles. The van der Waals surface area contributed by atoms with Crippen molar-refractivity contribution in [1.82, 2.24) is 0 Å². The number of hydrogen-bond donors (Lipinski definition) is 1. The Morgan fingerprint density at radius 1 is 1.54 bits per heavy atom. The van der Waals surface area contributed by atoms with Gasteiger partial charge < -0.3 is 5.11 Å². The Hall–Kier alpha value is -0.900. The normalized spacial score (nSPS) is 11.7. The number of carbonyl (C=O) groups is 1. The van der Waals surface area contributed by atoms with E-state index >= 15 is 0 Å². The lowest BCUT2D eigenvalue weighted by molar-refractivity contribution is 0.0702. The molecule has 0 aliphatic rings. The number of carboxylic acids is 1. The summed E-state index contributed by atoms with van der Waals surface area (Å²) in [6, 6.07) is 1.08. The molecule has 0 radical (unpaired) electrons. The van der Waals surface area contributed by atoms with Crippen LogP contribution >= 0.6 is 11.3 Å². The van der Waals surface area contributed by atoms with Crippen LogP contribution < -0.4 is 0 Å². The van der Waals surface area contributed by atoms with Crippen molar-refractivity contribution in [1.29, 1.82) is 0 Å². The zero-order chi connectivity index (χ0) is 10.2. The van der Waals surface area contributed by atoms with E-state index < -0.39 is 11.8 Å². The third-order valence-electron chi connectivity index (χ3n) is 1.58. The lowest BCUT2D eigenvalue weighted by Gasteiger charge is -2.15. The molecule has 72 valence electrons. The van der Waals surface area contributed by atoms with Crippen LogP contribution in [0.3, 0.4) is 0 Å². The van der Waals surface area contributed by atoms with Gasteiger partial charge in [0.1, 0.15) is 10.7 Å². The van der Waals surface area contributed by atoms with Crippen molar-refractivity contribution >= 4 is 17.3 Å². The van der Waals surface area contributed by atoms with Gasteiger partial charge in [0.25, 0.3) is 0 Å². The van der Waals surface area contributed by atoms with E-state index in [1.165, 1.54) is 0 Å². The topological polar surface area (TPSA) is 37.3 Å². The molecule has 0 aliphatic carbocycles. The highest BCUT2D eigenvalue weighted by Crippen LogP contribution is 2.32. The summed E-state index contributed by atoms with van der Waals surface area (Å²) in [5.74, 6) is -1.49. The van der Waals surface area contributed by atoms with Crippen LogP contribution in [0.15, 0.2) is 6.07 Å². The molecule has 0 saturated carbocycles. The highest BCUT2D eigenvalue weighted by Gasteiger charge is 2.23. The second-order valence-electron chi connectivity index (χ2n) is 3.84. The zero-order valence-electron chi connectivity index (χ0n) is 7.72. The molecule has 0 aliphatic heterocycles. The molecule has 0 atom stereocenters. The van der Waals surface area contributed by atoms with Crippen LogP contribution in [0.4, 0.5) is 4.39 Å². The molecule has 0 unspecified atom stereocenters. The van der Waals surface area contributed by atoms with Crippen molar-refractivity contribution in [2.75, 3.05) is 0 Å². The predicted octanol–water partition coefficient (Wildman–Crippen LogP) is 2.88. The number of carboxylic acid groups (broad SMARTS) is 1. The first-order valence-corrected chi connectivity index (χ1v) is 4.67. The number of hydrogen-bond acceptors (Lipinski definition) is 2. The van der Waals surface area contributed by atoms with Gasteiger partial charge in [-0.1, -0.05) is 20.8 Å². The Morgan fingerprint density at radius 3 is 2.31 bits per heavy atom. The fraction of sp³-hybridized carbons (Fsp3) is 0.444. The maximum atomic E-state index is 13.2. The summed E-state index contributed by atoms with van der Waals surface area (Å²) in [6.07, 6.45) is 0. The van der Waals surface area contributed by atoms with Crippen molar-refractivity contribution in [3.8, 4) is 0 Å². The molecule has 4 heteroatoms. The first-order valence-electron chi connectivity index (χ1n) is 3.85. The minimum Gasteiger partial charge on any atom is -0.477 e. The number of halogens is 1. The van der Waals surface area contributed by atoms with E-state index in [0.717, 1.165) is 17.4 Å². The van der Waals surface area contributed by atoms with Crippen molar-refractivity contribution in [2.45, 2.75) is 26.2 Å². The highest BCUT2D eigenvalue weighted by molar-refractivity contribution is 7.14. The minimum atomic E-state index is -1.07. The molecule has 2 nitrogen and oxygen atoms in total. The summed E-state index contributed by atoms with van der Waals surface area (Å²) in [7, 11) is 0. The first kappa shape index (κ1) is 10.2. The molecule has 1 rings (SSSR count). The van der Waals surface area contributed by atoms with Crippen LogP contribution in [0.2, 0.25) is 0 Å². The van der Waals surface area contributed by atoms with Gasteiger partial charge in [0.15, 0.2) is 0 Å². The first-order chi connectivity index (χ1) is 5.82. The number of rotatable bonds is 1. The maximum absolute atomic E-state index is 13.2. The van der Waals surface area contributed by atoms with Gasteiger partial charge in [-0.3, -0.25) is 0 Å². The van der Waals surface area contributed by atoms with Gasteiger partial charge in [-0.25, -0.2) is 9.18 Å². The van der Waals surface area contributed by atoms with Gasteiger partial charge in [0.05, 0.1) is 0 Å². The molecule has 1 N–H and O–H groups in total. The van der Waals surface area contributed by atoms with Gasteiger partial charge in [-0.15, -0.1) is 11.3 Å². The van der Waals surface area contributed by atoms with Crippen LogP contribution in [0.1, 0.15) is 35.3 Å². The van der Waals surface area contributed by atoms with E-state index in [9.17, 15) is 9.18 Å². The van der Waals surface area contributed by atoms with E-state index in [2.05, 4.69) is 0 Å². The van der Waals surface area contributed by atoms with Crippen LogP contribution in [-0.4, -0.2) is 11.1 Å². The Morgan fingerprint density at radius 2 is 2.08 bits per heavy atom. The third-order valence-corrected chi connectivity index (χ3v) is 3.10. The fourth-order valence-corrected chi connectivity index (χ4v) is 1.92. The van der Waals surface area contributed by atoms with Crippen molar-refractivity contribution in [2.24, 2.45) is 0 Å². The van der Waals surface area contributed by atoms with Crippen molar-refractivity contribution < 1.29 is 14.3 Å². The average molecular weight is 202 g/mol. The summed E-state index contributed by atoms with van der Waals surface area (Å²) in [5, 5.41) is 8.63. The molecular weight excluding hydrogens is 191 g/mol. The summed E-state index contributed by atoms with van der Waals surface area (Å²) in [4.78, 5) is 11.1. The van der Waals surface area contributed by atoms with Gasteiger partial charge >= 0.3 is 5.97 Å². The minimum absolute atomic E-state index is 0.0578. The van der Waals surface area contributed by atoms with Crippen molar-refractivity contribution in [3.63, 3.8) is 0 Å². The van der Waals surface area contributed by atoms with Crippen molar-refractivity contribution in [3.05, 3.63) is 21.6 Å². The van der Waals surface area contributed by atoms with Crippen LogP contribution in [-0.2, 0) is 5.41 Å². The summed E-state index contributed by atoms with van der Waals surface area (Å²) in [6.45, 7) is 5.56. The van der Waals surface area contributed by atoms with E-state index in [1.54, 1.807) is 0 Å². The van der Waals surface area contributed by atoms with Crippen LogP contribution in [0.25, 0.3) is 0 Å². The van der Waals surface area contributed by atoms with Gasteiger partial charge in [0.2, 0.25) is 0 Å². The van der Waals surface area contributed by atoms with E-state index in [-0.39, 0.29) is 10.3 Å². The predicted molar refractivity (Wildman–Crippen MR) is 49.9 cm³/mol. The summed E-state index contributed by atoms with van der Waals surface area (Å²) in [5.41, 5.74) is -0.331. The Bertz CT molecular complexity index is 336. The molecule has 0 aromatic carbocycles. The SMILES string of the molecule is CC(C)(C)c1sc(C(=O)O)cc1F. The monoisotopic (exact) mass is 202 g/mol. The maximum Gasteiger partial charge on any atom is 0.345 e. The largest absolute Gasteiger partial charge is 0.477 e. The van der Waals surface area contributed by atoms with Crippen LogP contribution in [0.5, 0.6) is 0 Å². The quantitative estimate of drug-likeness (QED) is 0.760. The molecule has 0 amide bonds. The Balaban J connectivity index is 3.18. The Kier molecular flexibility index (Phi) is 2.43. The summed E-state index contributed by atoms with van der Waals surface area (Å²) >= 11 is 1.000. The molecule has 1 aromatic rings. The zero-order valence-corrected chi connectivity index (χ0v) is 8.54. The molecular formula is C9H11FO2S. The second-order valence-corrected chi connectivity index (χ2v) is 4.90.